The Kier molecular flexibility index (Phi) is 3.22. The summed E-state index contributed by atoms with van der Waals surface area (Å²) < 4.78 is 0. The average Bonchev–Trinajstić information content (AvgIpc) is 2.74. The molecule has 1 aliphatic heterocycles. The predicted octanol–water partition coefficient (Wildman–Crippen LogP) is 2.65. The van der Waals surface area contributed by atoms with Gasteiger partial charge in [0, 0.05) is 0 Å². The van der Waals surface area contributed by atoms with Crippen molar-refractivity contribution in [2.75, 3.05) is 0 Å². The summed E-state index contributed by atoms with van der Waals surface area (Å²) in [6.45, 7) is 2.03. The van der Waals surface area contributed by atoms with Crippen molar-refractivity contribution in [1.82, 2.24) is 10.2 Å². The molecule has 21 heavy (non-hydrogen) atoms. The van der Waals surface area contributed by atoms with E-state index in [-0.39, 0.29) is 18.5 Å². The van der Waals surface area contributed by atoms with E-state index in [9.17, 15) is 9.59 Å². The number of hydrogen-bond donors (Lipinski definition) is 1. The van der Waals surface area contributed by atoms with E-state index in [1.807, 2.05) is 60.7 Å². The fourth-order valence-corrected chi connectivity index (χ4v) is 2.57. The van der Waals surface area contributed by atoms with Crippen molar-refractivity contribution >= 4 is 11.9 Å². The molecule has 1 fully saturated rings. The maximum Gasteiger partial charge on any atom is 0.325 e. The summed E-state index contributed by atoms with van der Waals surface area (Å²) in [5.74, 6) is -0.220. The highest BCUT2D eigenvalue weighted by Crippen LogP contribution is 2.29. The molecule has 0 unspecified atom stereocenters. The van der Waals surface area contributed by atoms with Crippen molar-refractivity contribution in [3.05, 3.63) is 71.8 Å². The van der Waals surface area contributed by atoms with Gasteiger partial charge in [0.2, 0.25) is 0 Å². The van der Waals surface area contributed by atoms with Crippen molar-refractivity contribution in [3.8, 4) is 0 Å². The van der Waals surface area contributed by atoms with Crippen LogP contribution in [0.25, 0.3) is 0 Å². The molecule has 0 aromatic heterocycles. The van der Waals surface area contributed by atoms with Crippen molar-refractivity contribution in [2.45, 2.75) is 19.0 Å². The minimum Gasteiger partial charge on any atom is -0.319 e. The third kappa shape index (κ3) is 2.29. The smallest absolute Gasteiger partial charge is 0.319 e. The zero-order valence-corrected chi connectivity index (χ0v) is 11.7. The number of carbonyl (C=O) groups is 2. The summed E-state index contributed by atoms with van der Waals surface area (Å²) >= 11 is 0. The van der Waals surface area contributed by atoms with Gasteiger partial charge in [-0.05, 0) is 18.1 Å². The zero-order valence-electron chi connectivity index (χ0n) is 11.7. The molecule has 0 aliphatic carbocycles. The molecule has 0 bridgehead atoms. The van der Waals surface area contributed by atoms with E-state index in [4.69, 9.17) is 0 Å². The molecule has 3 rings (SSSR count). The zero-order chi connectivity index (χ0) is 14.9. The second-order valence-electron chi connectivity index (χ2n) is 5.30. The van der Waals surface area contributed by atoms with Crippen LogP contribution in [0.2, 0.25) is 0 Å². The minimum atomic E-state index is -0.993. The molecule has 3 amide bonds. The number of carbonyl (C=O) groups excluding carboxylic acids is 2. The van der Waals surface area contributed by atoms with Crippen molar-refractivity contribution in [3.63, 3.8) is 0 Å². The van der Waals surface area contributed by atoms with Crippen LogP contribution in [0.3, 0.4) is 0 Å². The van der Waals surface area contributed by atoms with Gasteiger partial charge in [-0.2, -0.15) is 0 Å². The Morgan fingerprint density at radius 1 is 0.952 bits per heavy atom. The van der Waals surface area contributed by atoms with Crippen LogP contribution in [-0.2, 0) is 16.9 Å². The molecule has 1 heterocycles. The fraction of sp³-hybridized carbons (Fsp3) is 0.176. The van der Waals surface area contributed by atoms with Crippen molar-refractivity contribution in [1.29, 1.82) is 0 Å². The molecule has 4 heteroatoms. The van der Waals surface area contributed by atoms with Gasteiger partial charge < -0.3 is 5.32 Å². The summed E-state index contributed by atoms with van der Waals surface area (Å²) in [5, 5.41) is 2.80. The van der Waals surface area contributed by atoms with Crippen LogP contribution in [-0.4, -0.2) is 16.8 Å². The Labute approximate surface area is 123 Å². The highest BCUT2D eigenvalue weighted by Gasteiger charge is 2.48. The SMILES string of the molecule is C[C@@]1(c2ccccc2)NC(=O)N(Cc2ccccc2)C1=O. The number of amides is 3. The van der Waals surface area contributed by atoms with Gasteiger partial charge in [-0.3, -0.25) is 9.69 Å². The predicted molar refractivity (Wildman–Crippen MR) is 79.3 cm³/mol. The van der Waals surface area contributed by atoms with Crippen LogP contribution >= 0.6 is 0 Å². The van der Waals surface area contributed by atoms with Crippen LogP contribution in [0.5, 0.6) is 0 Å². The number of nitrogens with one attached hydrogen (secondary N) is 1. The van der Waals surface area contributed by atoms with Gasteiger partial charge in [-0.15, -0.1) is 0 Å². The highest BCUT2D eigenvalue weighted by molar-refractivity contribution is 6.07. The first-order valence-electron chi connectivity index (χ1n) is 6.85. The Bertz CT molecular complexity index is 670. The van der Waals surface area contributed by atoms with E-state index in [1.54, 1.807) is 6.92 Å². The third-order valence-corrected chi connectivity index (χ3v) is 3.81. The highest BCUT2D eigenvalue weighted by atomic mass is 16.2. The molecular weight excluding hydrogens is 264 g/mol. The van der Waals surface area contributed by atoms with E-state index < -0.39 is 5.54 Å². The van der Waals surface area contributed by atoms with Gasteiger partial charge in [-0.25, -0.2) is 4.79 Å². The van der Waals surface area contributed by atoms with E-state index in [2.05, 4.69) is 5.32 Å². The number of benzene rings is 2. The molecule has 106 valence electrons. The van der Waals surface area contributed by atoms with Gasteiger partial charge in [0.05, 0.1) is 6.54 Å². The lowest BCUT2D eigenvalue weighted by Crippen LogP contribution is -2.40. The number of rotatable bonds is 3. The fourth-order valence-electron chi connectivity index (χ4n) is 2.57. The van der Waals surface area contributed by atoms with Gasteiger partial charge >= 0.3 is 6.03 Å². The molecule has 1 aliphatic rings. The van der Waals surface area contributed by atoms with Gasteiger partial charge in [-0.1, -0.05) is 60.7 Å². The molecule has 1 atom stereocenters. The van der Waals surface area contributed by atoms with Crippen LogP contribution in [0.1, 0.15) is 18.1 Å². The molecular formula is C17H16N2O2. The molecule has 1 saturated heterocycles. The van der Waals surface area contributed by atoms with Crippen LogP contribution < -0.4 is 5.32 Å². The standard InChI is InChI=1S/C17H16N2O2/c1-17(14-10-6-3-7-11-14)15(20)19(16(21)18-17)12-13-8-4-2-5-9-13/h2-11H,12H2,1H3,(H,18,21)/t17-/m0/s1. The van der Waals surface area contributed by atoms with E-state index in [1.165, 1.54) is 4.90 Å². The Balaban J connectivity index is 1.89. The quantitative estimate of drug-likeness (QED) is 0.879. The van der Waals surface area contributed by atoms with Gasteiger partial charge in [0.25, 0.3) is 5.91 Å². The minimum absolute atomic E-state index is 0.220. The lowest BCUT2D eigenvalue weighted by Gasteiger charge is -2.22. The largest absolute Gasteiger partial charge is 0.325 e. The second-order valence-corrected chi connectivity index (χ2v) is 5.30. The second kappa shape index (κ2) is 5.05. The summed E-state index contributed by atoms with van der Waals surface area (Å²) in [4.78, 5) is 26.1. The van der Waals surface area contributed by atoms with E-state index in [0.29, 0.717) is 0 Å². The van der Waals surface area contributed by atoms with E-state index >= 15 is 0 Å². The Morgan fingerprint density at radius 3 is 2.14 bits per heavy atom. The van der Waals surface area contributed by atoms with E-state index in [0.717, 1.165) is 11.1 Å². The average molecular weight is 280 g/mol. The number of hydrogen-bond acceptors (Lipinski definition) is 2. The molecule has 2 aromatic carbocycles. The molecule has 0 saturated carbocycles. The summed E-state index contributed by atoms with van der Waals surface area (Å²) in [6, 6.07) is 18.5. The molecule has 0 radical (unpaired) electrons. The maximum atomic E-state index is 12.7. The van der Waals surface area contributed by atoms with Gasteiger partial charge in [0.15, 0.2) is 0 Å². The first-order chi connectivity index (χ1) is 10.1. The van der Waals surface area contributed by atoms with Crippen molar-refractivity contribution in [2.24, 2.45) is 0 Å². The summed E-state index contributed by atoms with van der Waals surface area (Å²) in [7, 11) is 0. The summed E-state index contributed by atoms with van der Waals surface area (Å²) in [6.07, 6.45) is 0. The number of nitrogens with zero attached hydrogens (tertiary/aromatic N) is 1. The van der Waals surface area contributed by atoms with Crippen LogP contribution in [0.4, 0.5) is 4.79 Å². The van der Waals surface area contributed by atoms with Crippen LogP contribution in [0.15, 0.2) is 60.7 Å². The Hall–Kier alpha value is -2.62. The van der Waals surface area contributed by atoms with Crippen LogP contribution in [0, 0.1) is 0 Å². The molecule has 0 spiro atoms. The number of urea groups is 1. The molecule has 4 nitrogen and oxygen atoms in total. The first-order valence-corrected chi connectivity index (χ1v) is 6.85. The third-order valence-electron chi connectivity index (χ3n) is 3.81. The van der Waals surface area contributed by atoms with Gasteiger partial charge in [0.1, 0.15) is 5.54 Å². The van der Waals surface area contributed by atoms with Crippen molar-refractivity contribution < 1.29 is 9.59 Å². The Morgan fingerprint density at radius 2 is 1.52 bits per heavy atom. The molecule has 1 N–H and O–H groups in total. The topological polar surface area (TPSA) is 49.4 Å². The normalized spacial score (nSPS) is 21.5. The number of imide groups is 1. The monoisotopic (exact) mass is 280 g/mol. The first kappa shape index (κ1) is 13.4. The lowest BCUT2D eigenvalue weighted by atomic mass is 9.92. The maximum absolute atomic E-state index is 12.7. The molecule has 2 aromatic rings. The summed E-state index contributed by atoms with van der Waals surface area (Å²) in [5.41, 5.74) is 0.727. The lowest BCUT2D eigenvalue weighted by molar-refractivity contribution is -0.131.